The number of para-hydroxylation sites is 1. The molecule has 0 aliphatic rings. The highest BCUT2D eigenvalue weighted by atomic mass is 32.2. The van der Waals surface area contributed by atoms with Gasteiger partial charge in [-0.1, -0.05) is 12.1 Å². The van der Waals surface area contributed by atoms with Gasteiger partial charge in [0, 0.05) is 13.1 Å². The predicted molar refractivity (Wildman–Crippen MR) is 106 cm³/mol. The lowest BCUT2D eigenvalue weighted by atomic mass is 10.2. The first kappa shape index (κ1) is 22.0. The van der Waals surface area contributed by atoms with Crippen LogP contribution in [0.4, 0.5) is 5.69 Å². The number of nitrogens with one attached hydrogen (secondary N) is 1. The highest BCUT2D eigenvalue weighted by Crippen LogP contribution is 2.23. The van der Waals surface area contributed by atoms with Crippen LogP contribution in [-0.4, -0.2) is 50.5 Å². The standard InChI is InChI=1S/C18H20N4O6S/c1-13-10-15(8-9-17(13)28-3)29(26,27)21(2)12-18(23)20-19-11-14-6-4-5-7-16(14)22(24)25/h4-11H,12H2,1-3H3,(H,20,23). The number of nitro benzene ring substituents is 1. The van der Waals surface area contributed by atoms with Crippen LogP contribution >= 0.6 is 0 Å². The van der Waals surface area contributed by atoms with E-state index >= 15 is 0 Å². The monoisotopic (exact) mass is 420 g/mol. The molecule has 0 heterocycles. The van der Waals surface area contributed by atoms with E-state index in [0.29, 0.717) is 11.3 Å². The van der Waals surface area contributed by atoms with Crippen molar-refractivity contribution in [2.45, 2.75) is 11.8 Å². The number of benzene rings is 2. The van der Waals surface area contributed by atoms with Crippen molar-refractivity contribution in [3.8, 4) is 5.75 Å². The van der Waals surface area contributed by atoms with E-state index in [1.54, 1.807) is 13.0 Å². The number of aryl methyl sites for hydroxylation is 1. The quantitative estimate of drug-likeness (QED) is 0.393. The van der Waals surface area contributed by atoms with Crippen molar-refractivity contribution in [2.75, 3.05) is 20.7 Å². The molecule has 0 aromatic heterocycles. The SMILES string of the molecule is COc1ccc(S(=O)(=O)N(C)CC(=O)NN=Cc2ccccc2[N+](=O)[O-])cc1C. The smallest absolute Gasteiger partial charge is 0.278 e. The van der Waals surface area contributed by atoms with E-state index in [9.17, 15) is 23.3 Å². The Kier molecular flexibility index (Phi) is 7.02. The first-order valence-electron chi connectivity index (χ1n) is 8.33. The number of amides is 1. The Morgan fingerprint density at radius 1 is 1.31 bits per heavy atom. The van der Waals surface area contributed by atoms with E-state index in [4.69, 9.17) is 4.74 Å². The molecule has 1 amide bonds. The Bertz CT molecular complexity index is 1050. The summed E-state index contributed by atoms with van der Waals surface area (Å²) in [5.41, 5.74) is 2.84. The molecule has 2 rings (SSSR count). The van der Waals surface area contributed by atoms with Gasteiger partial charge in [0.1, 0.15) is 5.75 Å². The number of hydrogen-bond acceptors (Lipinski definition) is 7. The molecule has 1 N–H and O–H groups in total. The summed E-state index contributed by atoms with van der Waals surface area (Å²) in [5, 5.41) is 14.6. The number of carbonyl (C=O) groups excluding carboxylic acids is 1. The normalized spacial score (nSPS) is 11.6. The number of rotatable bonds is 8. The summed E-state index contributed by atoms with van der Waals surface area (Å²) in [5.74, 6) is -0.148. The number of likely N-dealkylation sites (N-methyl/N-ethyl adjacent to an activating group) is 1. The molecule has 0 bridgehead atoms. The number of sulfonamides is 1. The second-order valence-electron chi connectivity index (χ2n) is 6.00. The Morgan fingerprint density at radius 3 is 2.62 bits per heavy atom. The average molecular weight is 420 g/mol. The van der Waals surface area contributed by atoms with Crippen molar-refractivity contribution in [1.82, 2.24) is 9.73 Å². The molecule has 0 spiro atoms. The summed E-state index contributed by atoms with van der Waals surface area (Å²) in [4.78, 5) is 22.4. The van der Waals surface area contributed by atoms with Gasteiger partial charge in [0.2, 0.25) is 10.0 Å². The first-order valence-corrected chi connectivity index (χ1v) is 9.77. The zero-order chi connectivity index (χ0) is 21.6. The van der Waals surface area contributed by atoms with Crippen LogP contribution in [0.2, 0.25) is 0 Å². The first-order chi connectivity index (χ1) is 13.7. The largest absolute Gasteiger partial charge is 0.496 e. The lowest BCUT2D eigenvalue weighted by Crippen LogP contribution is -2.36. The van der Waals surface area contributed by atoms with E-state index in [-0.39, 0.29) is 16.1 Å². The van der Waals surface area contributed by atoms with Crippen LogP contribution in [0, 0.1) is 17.0 Å². The molecule has 154 valence electrons. The number of ether oxygens (including phenoxy) is 1. The molecular formula is C18H20N4O6S. The van der Waals surface area contributed by atoms with Gasteiger partial charge in [0.25, 0.3) is 11.6 Å². The maximum atomic E-state index is 12.6. The second kappa shape index (κ2) is 9.26. The van der Waals surface area contributed by atoms with E-state index in [0.717, 1.165) is 10.5 Å². The Morgan fingerprint density at radius 2 is 2.00 bits per heavy atom. The van der Waals surface area contributed by atoms with Crippen LogP contribution in [0.3, 0.4) is 0 Å². The molecule has 0 aliphatic carbocycles. The van der Waals surface area contributed by atoms with Crippen LogP contribution in [-0.2, 0) is 14.8 Å². The lowest BCUT2D eigenvalue weighted by Gasteiger charge is -2.17. The van der Waals surface area contributed by atoms with Crippen LogP contribution in [0.15, 0.2) is 52.5 Å². The predicted octanol–water partition coefficient (Wildman–Crippen LogP) is 1.68. The molecule has 0 unspecified atom stereocenters. The highest BCUT2D eigenvalue weighted by molar-refractivity contribution is 7.89. The minimum absolute atomic E-state index is 0.0227. The number of carbonyl (C=O) groups is 1. The summed E-state index contributed by atoms with van der Waals surface area (Å²) in [6.07, 6.45) is 1.12. The van der Waals surface area contributed by atoms with E-state index in [1.807, 2.05) is 0 Å². The van der Waals surface area contributed by atoms with Gasteiger partial charge in [-0.3, -0.25) is 14.9 Å². The summed E-state index contributed by atoms with van der Waals surface area (Å²) in [6, 6.07) is 10.3. The van der Waals surface area contributed by atoms with Crippen LogP contribution < -0.4 is 10.2 Å². The van der Waals surface area contributed by atoms with Crippen LogP contribution in [0.5, 0.6) is 5.75 Å². The summed E-state index contributed by atoms with van der Waals surface area (Å²) in [6.45, 7) is 1.23. The van der Waals surface area contributed by atoms with Gasteiger partial charge >= 0.3 is 0 Å². The molecule has 2 aromatic carbocycles. The molecule has 29 heavy (non-hydrogen) atoms. The van der Waals surface area contributed by atoms with Crippen molar-refractivity contribution in [2.24, 2.45) is 5.10 Å². The molecule has 0 aliphatic heterocycles. The Balaban J connectivity index is 2.05. The van der Waals surface area contributed by atoms with Gasteiger partial charge in [-0.05, 0) is 36.8 Å². The van der Waals surface area contributed by atoms with Gasteiger partial charge < -0.3 is 4.74 Å². The Labute approximate surface area is 168 Å². The highest BCUT2D eigenvalue weighted by Gasteiger charge is 2.23. The van der Waals surface area contributed by atoms with Gasteiger partial charge in [0.15, 0.2) is 0 Å². The number of methoxy groups -OCH3 is 1. The minimum atomic E-state index is -3.90. The van der Waals surface area contributed by atoms with Gasteiger partial charge in [-0.2, -0.15) is 9.41 Å². The summed E-state index contributed by atoms with van der Waals surface area (Å²) < 4.78 is 31.2. The number of hydrogen-bond donors (Lipinski definition) is 1. The molecule has 0 fully saturated rings. The fourth-order valence-electron chi connectivity index (χ4n) is 2.45. The van der Waals surface area contributed by atoms with E-state index in [2.05, 4.69) is 10.5 Å². The second-order valence-corrected chi connectivity index (χ2v) is 8.05. The van der Waals surface area contributed by atoms with Crippen molar-refractivity contribution >= 4 is 27.8 Å². The maximum Gasteiger partial charge on any atom is 0.278 e. The molecule has 11 heteroatoms. The Hall–Kier alpha value is -3.31. The molecule has 0 saturated heterocycles. The maximum absolute atomic E-state index is 12.6. The van der Waals surface area contributed by atoms with Crippen molar-refractivity contribution < 1.29 is 22.9 Å². The van der Waals surface area contributed by atoms with Gasteiger partial charge in [0.05, 0.1) is 35.3 Å². The number of nitrogens with zero attached hydrogens (tertiary/aromatic N) is 3. The molecule has 2 aromatic rings. The van der Waals surface area contributed by atoms with Crippen molar-refractivity contribution in [3.05, 3.63) is 63.7 Å². The summed E-state index contributed by atoms with van der Waals surface area (Å²) >= 11 is 0. The van der Waals surface area contributed by atoms with Crippen molar-refractivity contribution in [1.29, 1.82) is 0 Å². The van der Waals surface area contributed by atoms with Crippen LogP contribution in [0.25, 0.3) is 0 Å². The molecule has 0 saturated carbocycles. The molecular weight excluding hydrogens is 400 g/mol. The number of hydrazone groups is 1. The fourth-order valence-corrected chi connectivity index (χ4v) is 3.66. The minimum Gasteiger partial charge on any atom is -0.496 e. The third kappa shape index (κ3) is 5.36. The van der Waals surface area contributed by atoms with E-state index in [1.165, 1.54) is 50.6 Å². The average Bonchev–Trinajstić information content (AvgIpc) is 2.68. The van der Waals surface area contributed by atoms with Gasteiger partial charge in [-0.15, -0.1) is 0 Å². The fraction of sp³-hybridized carbons (Fsp3) is 0.222. The zero-order valence-electron chi connectivity index (χ0n) is 16.0. The molecule has 0 atom stereocenters. The molecule has 10 nitrogen and oxygen atoms in total. The number of nitro groups is 1. The van der Waals surface area contributed by atoms with Crippen LogP contribution in [0.1, 0.15) is 11.1 Å². The third-order valence-corrected chi connectivity index (χ3v) is 5.77. The summed E-state index contributed by atoms with van der Waals surface area (Å²) in [7, 11) is -1.15. The molecule has 0 radical (unpaired) electrons. The third-order valence-electron chi connectivity index (χ3n) is 3.97. The van der Waals surface area contributed by atoms with Crippen molar-refractivity contribution in [3.63, 3.8) is 0 Å². The topological polar surface area (TPSA) is 131 Å². The van der Waals surface area contributed by atoms with Gasteiger partial charge in [-0.25, -0.2) is 13.8 Å². The lowest BCUT2D eigenvalue weighted by molar-refractivity contribution is -0.385. The van der Waals surface area contributed by atoms with E-state index < -0.39 is 27.4 Å². The zero-order valence-corrected chi connectivity index (χ0v) is 16.8.